The van der Waals surface area contributed by atoms with E-state index in [-0.39, 0.29) is 0 Å². The summed E-state index contributed by atoms with van der Waals surface area (Å²) in [4.78, 5) is 0. The molecular formula is C18H27N. The molecule has 0 amide bonds. The van der Waals surface area contributed by atoms with Gasteiger partial charge in [-0.05, 0) is 49.0 Å². The molecule has 3 rings (SSSR count). The quantitative estimate of drug-likeness (QED) is 0.849. The summed E-state index contributed by atoms with van der Waals surface area (Å²) in [5, 5.41) is 0. The van der Waals surface area contributed by atoms with Crippen molar-refractivity contribution in [1.29, 1.82) is 0 Å². The van der Waals surface area contributed by atoms with Crippen LogP contribution in [0.4, 0.5) is 0 Å². The molecule has 0 radical (unpaired) electrons. The molecule has 1 aromatic carbocycles. The standard InChI is InChI=1S/C18H27N/c19-18-11-10-16(15-8-2-1-3-9-15)13-17(18)12-14-6-4-5-7-14/h1-3,8-9,14,16-18H,4-7,10-13,19H2. The van der Waals surface area contributed by atoms with Gasteiger partial charge < -0.3 is 5.73 Å². The van der Waals surface area contributed by atoms with Crippen LogP contribution < -0.4 is 5.73 Å². The SMILES string of the molecule is NC1CCC(c2ccccc2)CC1CC1CCCC1. The van der Waals surface area contributed by atoms with Crippen molar-refractivity contribution in [2.45, 2.75) is 63.3 Å². The van der Waals surface area contributed by atoms with Crippen LogP contribution in [0.1, 0.15) is 62.8 Å². The van der Waals surface area contributed by atoms with Gasteiger partial charge in [0.1, 0.15) is 0 Å². The van der Waals surface area contributed by atoms with Crippen LogP contribution in [0, 0.1) is 11.8 Å². The van der Waals surface area contributed by atoms with Gasteiger partial charge in [0.15, 0.2) is 0 Å². The molecule has 0 bridgehead atoms. The highest BCUT2D eigenvalue weighted by atomic mass is 14.7. The Balaban J connectivity index is 1.63. The van der Waals surface area contributed by atoms with Gasteiger partial charge in [0.05, 0.1) is 0 Å². The van der Waals surface area contributed by atoms with Crippen molar-refractivity contribution < 1.29 is 0 Å². The number of benzene rings is 1. The van der Waals surface area contributed by atoms with Crippen LogP contribution in [0.3, 0.4) is 0 Å². The Morgan fingerprint density at radius 1 is 0.947 bits per heavy atom. The van der Waals surface area contributed by atoms with Crippen molar-refractivity contribution >= 4 is 0 Å². The summed E-state index contributed by atoms with van der Waals surface area (Å²) in [5.74, 6) is 2.50. The zero-order chi connectivity index (χ0) is 13.1. The molecule has 2 aliphatic carbocycles. The second-order valence-electron chi connectivity index (χ2n) is 6.73. The predicted octanol–water partition coefficient (Wildman–Crippen LogP) is 4.48. The van der Waals surface area contributed by atoms with Gasteiger partial charge in [-0.15, -0.1) is 0 Å². The lowest BCUT2D eigenvalue weighted by molar-refractivity contribution is 0.232. The molecule has 3 unspecified atom stereocenters. The lowest BCUT2D eigenvalue weighted by Crippen LogP contribution is -2.36. The molecule has 3 atom stereocenters. The Kier molecular flexibility index (Phi) is 4.22. The van der Waals surface area contributed by atoms with E-state index in [4.69, 9.17) is 5.73 Å². The monoisotopic (exact) mass is 257 g/mol. The highest BCUT2D eigenvalue weighted by Crippen LogP contribution is 2.40. The smallest absolute Gasteiger partial charge is 0.00676 e. The van der Waals surface area contributed by atoms with Gasteiger partial charge in [0.25, 0.3) is 0 Å². The summed E-state index contributed by atoms with van der Waals surface area (Å²) in [5.41, 5.74) is 7.93. The highest BCUT2D eigenvalue weighted by molar-refractivity contribution is 5.20. The first kappa shape index (κ1) is 13.2. The Labute approximate surface area is 117 Å². The summed E-state index contributed by atoms with van der Waals surface area (Å²) in [6.07, 6.45) is 11.0. The van der Waals surface area contributed by atoms with Crippen molar-refractivity contribution in [2.24, 2.45) is 17.6 Å². The Morgan fingerprint density at radius 3 is 2.42 bits per heavy atom. The fraction of sp³-hybridized carbons (Fsp3) is 0.667. The molecule has 1 nitrogen and oxygen atoms in total. The van der Waals surface area contributed by atoms with Gasteiger partial charge in [0, 0.05) is 6.04 Å². The van der Waals surface area contributed by atoms with Crippen LogP contribution in [0.2, 0.25) is 0 Å². The molecule has 0 aliphatic heterocycles. The first-order valence-corrected chi connectivity index (χ1v) is 8.13. The van der Waals surface area contributed by atoms with Crippen LogP contribution in [0.25, 0.3) is 0 Å². The Hall–Kier alpha value is -0.820. The first-order chi connectivity index (χ1) is 9.33. The maximum absolute atomic E-state index is 6.40. The largest absolute Gasteiger partial charge is 0.327 e. The average molecular weight is 257 g/mol. The maximum Gasteiger partial charge on any atom is 0.00676 e. The zero-order valence-electron chi connectivity index (χ0n) is 11.9. The van der Waals surface area contributed by atoms with Crippen LogP contribution in [-0.2, 0) is 0 Å². The minimum atomic E-state index is 0.459. The molecule has 0 heterocycles. The van der Waals surface area contributed by atoms with Crippen molar-refractivity contribution in [1.82, 2.24) is 0 Å². The molecule has 2 N–H and O–H groups in total. The molecule has 2 aliphatic rings. The Bertz CT molecular complexity index is 380. The second-order valence-corrected chi connectivity index (χ2v) is 6.73. The van der Waals surface area contributed by atoms with E-state index < -0.39 is 0 Å². The molecule has 19 heavy (non-hydrogen) atoms. The molecule has 2 fully saturated rings. The summed E-state index contributed by atoms with van der Waals surface area (Å²) >= 11 is 0. The third kappa shape index (κ3) is 3.20. The van der Waals surface area contributed by atoms with Gasteiger partial charge in [-0.25, -0.2) is 0 Å². The molecule has 104 valence electrons. The molecular weight excluding hydrogens is 230 g/mol. The van der Waals surface area contributed by atoms with Crippen molar-refractivity contribution in [3.05, 3.63) is 35.9 Å². The van der Waals surface area contributed by atoms with Crippen molar-refractivity contribution in [3.63, 3.8) is 0 Å². The van der Waals surface area contributed by atoms with E-state index in [2.05, 4.69) is 30.3 Å². The number of hydrogen-bond donors (Lipinski definition) is 1. The predicted molar refractivity (Wildman–Crippen MR) is 81.1 cm³/mol. The van der Waals surface area contributed by atoms with E-state index in [1.807, 2.05) is 0 Å². The summed E-state index contributed by atoms with van der Waals surface area (Å²) in [7, 11) is 0. The zero-order valence-corrected chi connectivity index (χ0v) is 11.9. The van der Waals surface area contributed by atoms with Gasteiger partial charge in [-0.3, -0.25) is 0 Å². The summed E-state index contributed by atoms with van der Waals surface area (Å²) < 4.78 is 0. The minimum Gasteiger partial charge on any atom is -0.327 e. The third-order valence-electron chi connectivity index (χ3n) is 5.42. The Morgan fingerprint density at radius 2 is 1.68 bits per heavy atom. The van der Waals surface area contributed by atoms with E-state index in [1.54, 1.807) is 0 Å². The van der Waals surface area contributed by atoms with E-state index in [0.717, 1.165) is 17.8 Å². The maximum atomic E-state index is 6.40. The van der Waals surface area contributed by atoms with Crippen LogP contribution in [0.15, 0.2) is 30.3 Å². The van der Waals surface area contributed by atoms with Gasteiger partial charge >= 0.3 is 0 Å². The van der Waals surface area contributed by atoms with E-state index >= 15 is 0 Å². The number of nitrogens with two attached hydrogens (primary N) is 1. The molecule has 0 saturated heterocycles. The number of rotatable bonds is 3. The summed E-state index contributed by atoms with van der Waals surface area (Å²) in [6.45, 7) is 0. The average Bonchev–Trinajstić information content (AvgIpc) is 2.95. The van der Waals surface area contributed by atoms with Gasteiger partial charge in [-0.2, -0.15) is 0 Å². The highest BCUT2D eigenvalue weighted by Gasteiger charge is 2.31. The summed E-state index contributed by atoms with van der Waals surface area (Å²) in [6, 6.07) is 11.5. The fourth-order valence-corrected chi connectivity index (χ4v) is 4.26. The lowest BCUT2D eigenvalue weighted by Gasteiger charge is -2.35. The topological polar surface area (TPSA) is 26.0 Å². The van der Waals surface area contributed by atoms with Gasteiger partial charge in [0.2, 0.25) is 0 Å². The van der Waals surface area contributed by atoms with E-state index in [1.165, 1.54) is 56.9 Å². The molecule has 0 spiro atoms. The minimum absolute atomic E-state index is 0.459. The number of hydrogen-bond acceptors (Lipinski definition) is 1. The van der Waals surface area contributed by atoms with Crippen LogP contribution in [0.5, 0.6) is 0 Å². The van der Waals surface area contributed by atoms with Crippen molar-refractivity contribution in [3.8, 4) is 0 Å². The van der Waals surface area contributed by atoms with Crippen LogP contribution >= 0.6 is 0 Å². The molecule has 1 heteroatoms. The molecule has 0 aromatic heterocycles. The third-order valence-corrected chi connectivity index (χ3v) is 5.42. The van der Waals surface area contributed by atoms with E-state index in [9.17, 15) is 0 Å². The van der Waals surface area contributed by atoms with Crippen molar-refractivity contribution in [2.75, 3.05) is 0 Å². The lowest BCUT2D eigenvalue weighted by atomic mass is 9.72. The molecule has 2 saturated carbocycles. The van der Waals surface area contributed by atoms with Gasteiger partial charge in [-0.1, -0.05) is 56.0 Å². The van der Waals surface area contributed by atoms with Crippen LogP contribution in [-0.4, -0.2) is 6.04 Å². The second kappa shape index (κ2) is 6.09. The normalized spacial score (nSPS) is 32.6. The van der Waals surface area contributed by atoms with E-state index in [0.29, 0.717) is 6.04 Å². The first-order valence-electron chi connectivity index (χ1n) is 8.13. The fourth-order valence-electron chi connectivity index (χ4n) is 4.26. The molecule has 1 aromatic rings.